The number of carbonyl (C=O) groups is 2. The van der Waals surface area contributed by atoms with Gasteiger partial charge in [0, 0.05) is 28.9 Å². The predicted molar refractivity (Wildman–Crippen MR) is 118 cm³/mol. The number of amides is 2. The van der Waals surface area contributed by atoms with Gasteiger partial charge in [0.15, 0.2) is 0 Å². The Morgan fingerprint density at radius 2 is 1.70 bits per heavy atom. The molecule has 0 fully saturated rings. The number of fused-ring (bicyclic) bond motifs is 1. The summed E-state index contributed by atoms with van der Waals surface area (Å²) < 4.78 is 41.7. The highest BCUT2D eigenvalue weighted by Gasteiger charge is 2.38. The average molecular weight is 471 g/mol. The number of alkyl halides is 3. The normalized spacial score (nSPS) is 11.4. The van der Waals surface area contributed by atoms with Gasteiger partial charge in [-0.2, -0.15) is 17.5 Å². The summed E-state index contributed by atoms with van der Waals surface area (Å²) in [5.74, 6) is -2.56. The second kappa shape index (κ2) is 8.94. The van der Waals surface area contributed by atoms with Gasteiger partial charge >= 0.3 is 12.1 Å². The molecule has 0 radical (unpaired) electrons. The van der Waals surface area contributed by atoms with E-state index in [9.17, 15) is 22.8 Å². The molecule has 168 valence electrons. The Morgan fingerprint density at radius 3 is 2.42 bits per heavy atom. The van der Waals surface area contributed by atoms with Gasteiger partial charge in [-0.1, -0.05) is 18.2 Å². The Hall–Kier alpha value is -3.86. The molecule has 0 bridgehead atoms. The molecule has 0 spiro atoms. The van der Waals surface area contributed by atoms with Crippen molar-refractivity contribution in [2.24, 2.45) is 0 Å². The molecule has 0 atom stereocenters. The van der Waals surface area contributed by atoms with E-state index in [2.05, 4.69) is 19.7 Å². The molecular weight excluding hydrogens is 455 g/mol. The van der Waals surface area contributed by atoms with Crippen LogP contribution >= 0.6 is 11.5 Å². The van der Waals surface area contributed by atoms with Gasteiger partial charge in [0.1, 0.15) is 0 Å². The summed E-state index contributed by atoms with van der Waals surface area (Å²) in [4.78, 5) is 33.8. The molecular formula is C22H16F3N5O2S. The molecule has 7 nitrogen and oxygen atoms in total. The van der Waals surface area contributed by atoms with Crippen LogP contribution in [0.25, 0.3) is 11.0 Å². The van der Waals surface area contributed by atoms with Crippen molar-refractivity contribution in [3.63, 3.8) is 0 Å². The number of hydrogen-bond acceptors (Lipinski definition) is 6. The maximum Gasteiger partial charge on any atom is 0.471 e. The summed E-state index contributed by atoms with van der Waals surface area (Å²) in [6.07, 6.45) is -3.03. The van der Waals surface area contributed by atoms with E-state index in [0.717, 1.165) is 11.0 Å². The Labute approximate surface area is 189 Å². The first-order valence-electron chi connectivity index (χ1n) is 9.66. The van der Waals surface area contributed by atoms with Crippen molar-refractivity contribution < 1.29 is 22.8 Å². The third kappa shape index (κ3) is 5.14. The van der Waals surface area contributed by atoms with Gasteiger partial charge in [-0.3, -0.25) is 14.6 Å². The number of rotatable bonds is 5. The van der Waals surface area contributed by atoms with Crippen molar-refractivity contribution >= 4 is 45.8 Å². The standard InChI is InChI=1S/C22H16F3N5O2S/c1-12-19(18(33-30-12)10-15-11-26-16-7-2-3-8-17(16)27-15)20(31)28-13-5-4-6-14(9-13)29-21(32)22(23,24)25/h2-9,11H,10H2,1H3,(H,28,31)(H,29,32). The number of benzene rings is 2. The van der Waals surface area contributed by atoms with Crippen molar-refractivity contribution in [3.05, 3.63) is 76.6 Å². The third-order valence-electron chi connectivity index (χ3n) is 4.64. The van der Waals surface area contributed by atoms with E-state index in [-0.39, 0.29) is 11.4 Å². The molecule has 0 unspecified atom stereocenters. The minimum atomic E-state index is -5.01. The summed E-state index contributed by atoms with van der Waals surface area (Å²) in [7, 11) is 0. The minimum absolute atomic E-state index is 0.0954. The van der Waals surface area contributed by atoms with E-state index in [1.54, 1.807) is 18.4 Å². The Morgan fingerprint density at radius 1 is 1.00 bits per heavy atom. The molecule has 4 aromatic rings. The molecule has 2 heterocycles. The van der Waals surface area contributed by atoms with Crippen molar-refractivity contribution in [2.45, 2.75) is 19.5 Å². The van der Waals surface area contributed by atoms with E-state index in [1.807, 2.05) is 24.3 Å². The third-order valence-corrected chi connectivity index (χ3v) is 5.57. The summed E-state index contributed by atoms with van der Waals surface area (Å²) >= 11 is 1.17. The highest BCUT2D eigenvalue weighted by Crippen LogP contribution is 2.25. The fraction of sp³-hybridized carbons (Fsp3) is 0.136. The molecule has 2 N–H and O–H groups in total. The molecule has 2 amide bonds. The predicted octanol–water partition coefficient (Wildman–Crippen LogP) is 4.74. The van der Waals surface area contributed by atoms with Crippen molar-refractivity contribution in [1.82, 2.24) is 14.3 Å². The van der Waals surface area contributed by atoms with E-state index >= 15 is 0 Å². The largest absolute Gasteiger partial charge is 0.471 e. The lowest BCUT2D eigenvalue weighted by Gasteiger charge is -2.11. The molecule has 0 aliphatic carbocycles. The van der Waals surface area contributed by atoms with Crippen LogP contribution in [-0.4, -0.2) is 32.3 Å². The molecule has 0 aliphatic heterocycles. The topological polar surface area (TPSA) is 96.9 Å². The number of aromatic nitrogens is 3. The molecule has 0 saturated heterocycles. The first kappa shape index (κ1) is 22.3. The molecule has 4 rings (SSSR count). The number of anilines is 2. The summed E-state index contributed by atoms with van der Waals surface area (Å²) in [5.41, 5.74) is 3.17. The van der Waals surface area contributed by atoms with Crippen LogP contribution in [0.4, 0.5) is 24.5 Å². The average Bonchev–Trinajstić information content (AvgIpc) is 3.13. The van der Waals surface area contributed by atoms with Gasteiger partial charge in [0.25, 0.3) is 5.91 Å². The number of aryl methyl sites for hydroxylation is 1. The number of hydrogen-bond donors (Lipinski definition) is 2. The lowest BCUT2D eigenvalue weighted by Crippen LogP contribution is -2.29. The SMILES string of the molecule is Cc1nsc(Cc2cnc3ccccc3n2)c1C(=O)Nc1cccc(NC(=O)C(F)(F)F)c1. The maximum atomic E-state index is 13.0. The molecule has 33 heavy (non-hydrogen) atoms. The maximum absolute atomic E-state index is 13.0. The van der Waals surface area contributed by atoms with Gasteiger partial charge in [0.05, 0.1) is 28.0 Å². The summed E-state index contributed by atoms with van der Waals surface area (Å²) in [5, 5.41) is 4.41. The molecule has 11 heteroatoms. The first-order chi connectivity index (χ1) is 15.7. The molecule has 0 saturated carbocycles. The second-order valence-electron chi connectivity index (χ2n) is 7.08. The molecule has 0 aliphatic rings. The Kier molecular flexibility index (Phi) is 6.05. The van der Waals surface area contributed by atoms with Gasteiger partial charge in [-0.15, -0.1) is 0 Å². The zero-order valence-corrected chi connectivity index (χ0v) is 17.9. The van der Waals surface area contributed by atoms with Crippen LogP contribution in [0.2, 0.25) is 0 Å². The number of nitrogens with zero attached hydrogens (tertiary/aromatic N) is 3. The quantitative estimate of drug-likeness (QED) is 0.438. The van der Waals surface area contributed by atoms with Gasteiger partial charge < -0.3 is 10.6 Å². The van der Waals surface area contributed by atoms with Crippen molar-refractivity contribution in [2.75, 3.05) is 10.6 Å². The summed E-state index contributed by atoms with van der Waals surface area (Å²) in [6, 6.07) is 12.9. The number of nitrogens with one attached hydrogen (secondary N) is 2. The van der Waals surface area contributed by atoms with Crippen LogP contribution in [0, 0.1) is 6.92 Å². The number of carbonyl (C=O) groups excluding carboxylic acids is 2. The fourth-order valence-electron chi connectivity index (χ4n) is 3.14. The highest BCUT2D eigenvalue weighted by molar-refractivity contribution is 7.06. The van der Waals surface area contributed by atoms with E-state index in [4.69, 9.17) is 0 Å². The van der Waals surface area contributed by atoms with Crippen LogP contribution in [0.15, 0.2) is 54.7 Å². The van der Waals surface area contributed by atoms with Crippen LogP contribution in [0.3, 0.4) is 0 Å². The zero-order valence-electron chi connectivity index (χ0n) is 17.1. The second-order valence-corrected chi connectivity index (χ2v) is 7.94. The van der Waals surface area contributed by atoms with Gasteiger partial charge in [-0.05, 0) is 48.8 Å². The van der Waals surface area contributed by atoms with Crippen LogP contribution < -0.4 is 10.6 Å². The fourth-order valence-corrected chi connectivity index (χ4v) is 4.03. The summed E-state index contributed by atoms with van der Waals surface area (Å²) in [6.45, 7) is 1.70. The van der Waals surface area contributed by atoms with Crippen molar-refractivity contribution in [1.29, 1.82) is 0 Å². The molecule has 2 aromatic carbocycles. The lowest BCUT2D eigenvalue weighted by molar-refractivity contribution is -0.167. The van der Waals surface area contributed by atoms with Gasteiger partial charge in [-0.25, -0.2) is 4.98 Å². The van der Waals surface area contributed by atoms with E-state index < -0.39 is 18.0 Å². The van der Waals surface area contributed by atoms with Crippen LogP contribution in [0.5, 0.6) is 0 Å². The zero-order chi connectivity index (χ0) is 23.6. The Balaban J connectivity index is 1.53. The Bertz CT molecular complexity index is 1350. The van der Waals surface area contributed by atoms with Crippen LogP contribution in [-0.2, 0) is 11.2 Å². The monoisotopic (exact) mass is 471 g/mol. The van der Waals surface area contributed by atoms with Crippen LogP contribution in [0.1, 0.15) is 26.6 Å². The van der Waals surface area contributed by atoms with Gasteiger partial charge in [0.2, 0.25) is 0 Å². The highest BCUT2D eigenvalue weighted by atomic mass is 32.1. The minimum Gasteiger partial charge on any atom is -0.322 e. The molecule has 2 aromatic heterocycles. The number of para-hydroxylation sites is 2. The van der Waals surface area contributed by atoms with E-state index in [1.165, 1.54) is 35.8 Å². The first-order valence-corrected chi connectivity index (χ1v) is 10.4. The van der Waals surface area contributed by atoms with E-state index in [0.29, 0.717) is 28.2 Å². The number of halogens is 3. The smallest absolute Gasteiger partial charge is 0.322 e. The lowest BCUT2D eigenvalue weighted by atomic mass is 10.1. The van der Waals surface area contributed by atoms with Crippen molar-refractivity contribution in [3.8, 4) is 0 Å².